The van der Waals surface area contributed by atoms with Crippen LogP contribution in [0.3, 0.4) is 0 Å². The lowest BCUT2D eigenvalue weighted by molar-refractivity contribution is -0.137. The van der Waals surface area contributed by atoms with Crippen molar-refractivity contribution in [1.82, 2.24) is 9.80 Å². The van der Waals surface area contributed by atoms with Crippen molar-refractivity contribution in [1.29, 1.82) is 0 Å². The summed E-state index contributed by atoms with van der Waals surface area (Å²) in [5, 5.41) is 8.65. The summed E-state index contributed by atoms with van der Waals surface area (Å²) >= 11 is 0. The fourth-order valence-electron chi connectivity index (χ4n) is 2.74. The van der Waals surface area contributed by atoms with Gasteiger partial charge in [0.05, 0.1) is 7.11 Å². The molecule has 2 rings (SSSR count). The number of hydrogen-bond donors (Lipinski definition) is 1. The van der Waals surface area contributed by atoms with Crippen LogP contribution in [-0.4, -0.2) is 60.7 Å². The van der Waals surface area contributed by atoms with Crippen LogP contribution in [0.15, 0.2) is 18.2 Å². The van der Waals surface area contributed by atoms with Crippen LogP contribution in [0.25, 0.3) is 0 Å². The molecule has 0 amide bonds. The second kappa shape index (κ2) is 8.10. The van der Waals surface area contributed by atoms with E-state index < -0.39 is 5.97 Å². The average Bonchev–Trinajstić information content (AvgIpc) is 2.49. The number of piperazine rings is 1. The minimum Gasteiger partial charge on any atom is -0.496 e. The van der Waals surface area contributed by atoms with Crippen molar-refractivity contribution in [3.63, 3.8) is 0 Å². The first-order valence-corrected chi connectivity index (χ1v) is 7.57. The van der Waals surface area contributed by atoms with Gasteiger partial charge in [0, 0.05) is 44.7 Å². The van der Waals surface area contributed by atoms with Crippen LogP contribution in [-0.2, 0) is 11.3 Å². The highest BCUT2D eigenvalue weighted by Gasteiger charge is 2.18. The quantitative estimate of drug-likeness (QED) is 0.832. The number of nitrogens with zero attached hydrogens (tertiary/aromatic N) is 2. The van der Waals surface area contributed by atoms with Crippen molar-refractivity contribution in [2.75, 3.05) is 39.8 Å². The third-order valence-electron chi connectivity index (χ3n) is 3.97. The first-order valence-electron chi connectivity index (χ1n) is 7.57. The van der Waals surface area contributed by atoms with E-state index in [-0.39, 0.29) is 12.2 Å². The maximum atomic E-state index is 13.4. The van der Waals surface area contributed by atoms with E-state index in [1.807, 2.05) is 0 Å². The molecule has 0 bridgehead atoms. The van der Waals surface area contributed by atoms with Gasteiger partial charge in [0.2, 0.25) is 0 Å². The molecule has 0 spiro atoms. The fourth-order valence-corrected chi connectivity index (χ4v) is 2.74. The molecule has 0 radical (unpaired) electrons. The zero-order valence-corrected chi connectivity index (χ0v) is 12.9. The zero-order valence-electron chi connectivity index (χ0n) is 12.9. The Hall–Kier alpha value is -1.66. The Balaban J connectivity index is 1.80. The van der Waals surface area contributed by atoms with Gasteiger partial charge in [-0.1, -0.05) is 0 Å². The highest BCUT2D eigenvalue weighted by Crippen LogP contribution is 2.21. The summed E-state index contributed by atoms with van der Waals surface area (Å²) in [5.41, 5.74) is 0.863. The third-order valence-corrected chi connectivity index (χ3v) is 3.97. The minimum absolute atomic E-state index is 0.223. The molecule has 1 aromatic carbocycles. The van der Waals surface area contributed by atoms with Crippen molar-refractivity contribution < 1.29 is 19.0 Å². The molecule has 0 aliphatic carbocycles. The Bertz CT molecular complexity index is 502. The molecular weight excluding hydrogens is 287 g/mol. The van der Waals surface area contributed by atoms with Crippen molar-refractivity contribution in [3.05, 3.63) is 29.6 Å². The molecule has 1 saturated heterocycles. The standard InChI is InChI=1S/C16H23FN2O3/c1-22-15-5-4-14(17)11-13(15)12-19-9-7-18(8-10-19)6-2-3-16(20)21/h4-5,11H,2-3,6-10,12H2,1H3,(H,20,21). The van der Waals surface area contributed by atoms with E-state index in [4.69, 9.17) is 9.84 Å². The number of hydrogen-bond acceptors (Lipinski definition) is 4. The van der Waals surface area contributed by atoms with Crippen LogP contribution in [0.2, 0.25) is 0 Å². The lowest BCUT2D eigenvalue weighted by Gasteiger charge is -2.34. The van der Waals surface area contributed by atoms with Crippen molar-refractivity contribution in [2.45, 2.75) is 19.4 Å². The molecule has 122 valence electrons. The summed E-state index contributed by atoms with van der Waals surface area (Å²) in [6.07, 6.45) is 0.910. The normalized spacial score (nSPS) is 16.6. The largest absolute Gasteiger partial charge is 0.496 e. The molecule has 0 saturated carbocycles. The van der Waals surface area contributed by atoms with Crippen LogP contribution in [0.5, 0.6) is 5.75 Å². The summed E-state index contributed by atoms with van der Waals surface area (Å²) in [6, 6.07) is 4.59. The molecular formula is C16H23FN2O3. The number of carboxylic acids is 1. The molecule has 1 heterocycles. The van der Waals surface area contributed by atoms with E-state index in [0.29, 0.717) is 18.7 Å². The Morgan fingerprint density at radius 1 is 1.27 bits per heavy atom. The van der Waals surface area contributed by atoms with Gasteiger partial charge >= 0.3 is 5.97 Å². The van der Waals surface area contributed by atoms with Crippen LogP contribution in [0, 0.1) is 5.82 Å². The van der Waals surface area contributed by atoms with Crippen LogP contribution in [0.1, 0.15) is 18.4 Å². The van der Waals surface area contributed by atoms with E-state index in [9.17, 15) is 9.18 Å². The minimum atomic E-state index is -0.739. The summed E-state index contributed by atoms with van der Waals surface area (Å²) in [5.74, 6) is -0.273. The van der Waals surface area contributed by atoms with Gasteiger partial charge in [-0.25, -0.2) is 4.39 Å². The molecule has 1 fully saturated rings. The summed E-state index contributed by atoms with van der Waals surface area (Å²) < 4.78 is 18.7. The predicted molar refractivity (Wildman–Crippen MR) is 81.5 cm³/mol. The van der Waals surface area contributed by atoms with Crippen molar-refractivity contribution >= 4 is 5.97 Å². The smallest absolute Gasteiger partial charge is 0.303 e. The van der Waals surface area contributed by atoms with Gasteiger partial charge in [0.25, 0.3) is 0 Å². The maximum Gasteiger partial charge on any atom is 0.303 e. The van der Waals surface area contributed by atoms with Gasteiger partial charge in [-0.05, 0) is 31.2 Å². The third kappa shape index (κ3) is 4.96. The predicted octanol–water partition coefficient (Wildman–Crippen LogP) is 1.82. The molecule has 22 heavy (non-hydrogen) atoms. The summed E-state index contributed by atoms with van der Waals surface area (Å²) in [4.78, 5) is 15.1. The van der Waals surface area contributed by atoms with E-state index >= 15 is 0 Å². The number of halogens is 1. The zero-order chi connectivity index (χ0) is 15.9. The molecule has 1 aliphatic rings. The monoisotopic (exact) mass is 310 g/mol. The molecule has 1 aromatic rings. The number of methoxy groups -OCH3 is 1. The molecule has 6 heteroatoms. The Kier molecular flexibility index (Phi) is 6.15. The topological polar surface area (TPSA) is 53.0 Å². The molecule has 0 atom stereocenters. The molecule has 0 aromatic heterocycles. The number of rotatable bonds is 7. The first kappa shape index (κ1) is 16.7. The fraction of sp³-hybridized carbons (Fsp3) is 0.562. The Morgan fingerprint density at radius 2 is 1.95 bits per heavy atom. The van der Waals surface area contributed by atoms with E-state index in [1.54, 1.807) is 13.2 Å². The van der Waals surface area contributed by atoms with Gasteiger partial charge in [-0.3, -0.25) is 9.69 Å². The number of carbonyl (C=O) groups is 1. The van der Waals surface area contributed by atoms with E-state index in [1.165, 1.54) is 12.1 Å². The number of carboxylic acid groups (broad SMARTS) is 1. The summed E-state index contributed by atoms with van der Waals surface area (Å²) in [7, 11) is 1.59. The van der Waals surface area contributed by atoms with Gasteiger partial charge in [0.1, 0.15) is 11.6 Å². The maximum absolute atomic E-state index is 13.4. The molecule has 5 nitrogen and oxygen atoms in total. The molecule has 1 aliphatic heterocycles. The Morgan fingerprint density at radius 3 is 2.59 bits per heavy atom. The van der Waals surface area contributed by atoms with Crippen LogP contribution in [0.4, 0.5) is 4.39 Å². The van der Waals surface area contributed by atoms with Gasteiger partial charge in [-0.15, -0.1) is 0 Å². The average molecular weight is 310 g/mol. The van der Waals surface area contributed by atoms with Crippen molar-refractivity contribution in [2.24, 2.45) is 0 Å². The van der Waals surface area contributed by atoms with Crippen LogP contribution < -0.4 is 4.74 Å². The molecule has 0 unspecified atom stereocenters. The van der Waals surface area contributed by atoms with Gasteiger partial charge in [0.15, 0.2) is 0 Å². The van der Waals surface area contributed by atoms with E-state index in [2.05, 4.69) is 9.80 Å². The number of ether oxygens (including phenoxy) is 1. The van der Waals surface area contributed by atoms with E-state index in [0.717, 1.165) is 38.3 Å². The Labute approximate surface area is 130 Å². The highest BCUT2D eigenvalue weighted by atomic mass is 19.1. The second-order valence-corrected chi connectivity index (χ2v) is 5.57. The number of aliphatic carboxylic acids is 1. The summed E-state index contributed by atoms with van der Waals surface area (Å²) in [6.45, 7) is 5.11. The highest BCUT2D eigenvalue weighted by molar-refractivity contribution is 5.66. The molecule has 1 N–H and O–H groups in total. The van der Waals surface area contributed by atoms with Gasteiger partial charge < -0.3 is 14.7 Å². The lowest BCUT2D eigenvalue weighted by Crippen LogP contribution is -2.46. The lowest BCUT2D eigenvalue weighted by atomic mass is 10.1. The SMILES string of the molecule is COc1ccc(F)cc1CN1CCN(CCCC(=O)O)CC1. The van der Waals surface area contributed by atoms with Crippen LogP contribution >= 0.6 is 0 Å². The van der Waals surface area contributed by atoms with Gasteiger partial charge in [-0.2, -0.15) is 0 Å². The number of benzene rings is 1. The van der Waals surface area contributed by atoms with Crippen molar-refractivity contribution in [3.8, 4) is 5.75 Å². The second-order valence-electron chi connectivity index (χ2n) is 5.57. The first-order chi connectivity index (χ1) is 10.6.